The molecule has 1 saturated heterocycles. The van der Waals surface area contributed by atoms with Gasteiger partial charge in [0.05, 0.1) is 17.9 Å². The Morgan fingerprint density at radius 3 is 2.49 bits per heavy atom. The van der Waals surface area contributed by atoms with Crippen LogP contribution in [0.25, 0.3) is 0 Å². The van der Waals surface area contributed by atoms with Gasteiger partial charge in [0.1, 0.15) is 5.82 Å². The summed E-state index contributed by atoms with van der Waals surface area (Å²) in [6, 6.07) is 10.4. The van der Waals surface area contributed by atoms with Crippen LogP contribution < -0.4 is 15.4 Å². The van der Waals surface area contributed by atoms with Crippen molar-refractivity contribution in [2.24, 2.45) is 0 Å². The van der Waals surface area contributed by atoms with Crippen LogP contribution in [0.15, 0.2) is 54.9 Å². The second-order valence-corrected chi connectivity index (χ2v) is 8.35. The van der Waals surface area contributed by atoms with Gasteiger partial charge in [0.15, 0.2) is 11.6 Å². The molecule has 10 heteroatoms. The van der Waals surface area contributed by atoms with Crippen molar-refractivity contribution in [2.75, 3.05) is 57.0 Å². The summed E-state index contributed by atoms with van der Waals surface area (Å²) in [4.78, 5) is 25.1. The smallest absolute Gasteiger partial charge is 0.258 e. The molecule has 3 aromatic rings. The Morgan fingerprint density at radius 2 is 1.77 bits per heavy atom. The van der Waals surface area contributed by atoms with Gasteiger partial charge < -0.3 is 25.2 Å². The van der Waals surface area contributed by atoms with Crippen molar-refractivity contribution in [1.82, 2.24) is 19.8 Å². The first-order chi connectivity index (χ1) is 17.0. The fourth-order valence-electron chi connectivity index (χ4n) is 3.63. The average molecular weight is 483 g/mol. The Bertz CT molecular complexity index is 1140. The summed E-state index contributed by atoms with van der Waals surface area (Å²) in [5.74, 6) is -1.19. The molecule has 2 aromatic carbocycles. The number of para-hydroxylation sites is 1. The number of benzene rings is 2. The van der Waals surface area contributed by atoms with Gasteiger partial charge in [0.25, 0.3) is 5.91 Å². The van der Waals surface area contributed by atoms with E-state index in [1.54, 1.807) is 18.2 Å². The van der Waals surface area contributed by atoms with Crippen LogP contribution >= 0.6 is 0 Å². The lowest BCUT2D eigenvalue weighted by Crippen LogP contribution is -2.44. The summed E-state index contributed by atoms with van der Waals surface area (Å²) < 4.78 is 33.8. The molecule has 1 aromatic heterocycles. The van der Waals surface area contributed by atoms with Gasteiger partial charge >= 0.3 is 0 Å². The second-order valence-electron chi connectivity index (χ2n) is 8.35. The zero-order chi connectivity index (χ0) is 24.6. The summed E-state index contributed by atoms with van der Waals surface area (Å²) in [6.45, 7) is 5.60. The van der Waals surface area contributed by atoms with Gasteiger partial charge in [-0.25, -0.2) is 18.7 Å². The predicted octanol–water partition coefficient (Wildman–Crippen LogP) is 3.77. The molecule has 0 radical (unpaired) electrons. The number of nitrogens with zero attached hydrogens (tertiary/aromatic N) is 4. The van der Waals surface area contributed by atoms with Gasteiger partial charge in [-0.3, -0.25) is 4.79 Å². The molecule has 1 aliphatic rings. The molecule has 0 spiro atoms. The maximum atomic E-state index is 14.5. The van der Waals surface area contributed by atoms with Crippen molar-refractivity contribution in [3.63, 3.8) is 0 Å². The van der Waals surface area contributed by atoms with Gasteiger partial charge in [-0.15, -0.1) is 0 Å². The molecule has 4 rings (SSSR count). The van der Waals surface area contributed by atoms with Crippen LogP contribution in [0.1, 0.15) is 16.8 Å². The number of likely N-dealkylation sites (N-methyl/N-ethyl adjacent to an activating group) is 1. The highest BCUT2D eigenvalue weighted by Crippen LogP contribution is 2.23. The molecule has 2 N–H and O–H groups in total. The number of halogens is 2. The fraction of sp³-hybridized carbons (Fsp3) is 0.320. The maximum absolute atomic E-state index is 14.5. The summed E-state index contributed by atoms with van der Waals surface area (Å²) in [5.41, 5.74) is 0.665. The highest BCUT2D eigenvalue weighted by atomic mass is 19.1. The second kappa shape index (κ2) is 11.7. The van der Waals surface area contributed by atoms with Gasteiger partial charge in [0, 0.05) is 56.9 Å². The number of amides is 1. The number of rotatable bonds is 9. The fourth-order valence-corrected chi connectivity index (χ4v) is 3.63. The number of carbonyl (C=O) groups excluding carboxylic acids is 1. The quantitative estimate of drug-likeness (QED) is 0.450. The van der Waals surface area contributed by atoms with E-state index >= 15 is 0 Å². The summed E-state index contributed by atoms with van der Waals surface area (Å²) in [7, 11) is 2.12. The van der Waals surface area contributed by atoms with Crippen molar-refractivity contribution in [1.29, 1.82) is 0 Å². The van der Waals surface area contributed by atoms with Crippen LogP contribution in [0.5, 0.6) is 5.75 Å². The number of piperazine rings is 1. The van der Waals surface area contributed by atoms with E-state index in [-0.39, 0.29) is 22.9 Å². The van der Waals surface area contributed by atoms with Crippen LogP contribution in [-0.4, -0.2) is 72.1 Å². The van der Waals surface area contributed by atoms with Crippen LogP contribution in [0.4, 0.5) is 26.1 Å². The number of ether oxygens (including phenoxy) is 1. The molecular weight excluding hydrogens is 454 g/mol. The van der Waals surface area contributed by atoms with Crippen molar-refractivity contribution in [2.45, 2.75) is 6.42 Å². The van der Waals surface area contributed by atoms with Crippen LogP contribution in [0.3, 0.4) is 0 Å². The first-order valence-corrected chi connectivity index (χ1v) is 11.5. The molecule has 1 aliphatic heterocycles. The van der Waals surface area contributed by atoms with Crippen LogP contribution in [-0.2, 0) is 0 Å². The SMILES string of the molecule is CN1CCN(CCCOc2ccc(Nc3ncc(C(=O)Nc4ccccc4F)cn3)cc2F)CC1. The number of nitrogens with one attached hydrogen (secondary N) is 2. The highest BCUT2D eigenvalue weighted by Gasteiger charge is 2.14. The lowest BCUT2D eigenvalue weighted by Gasteiger charge is -2.32. The minimum Gasteiger partial charge on any atom is -0.490 e. The third kappa shape index (κ3) is 6.93. The van der Waals surface area contributed by atoms with E-state index in [0.29, 0.717) is 12.3 Å². The lowest BCUT2D eigenvalue weighted by atomic mass is 10.2. The number of aromatic nitrogens is 2. The molecule has 8 nitrogen and oxygen atoms in total. The van der Waals surface area contributed by atoms with Gasteiger partial charge in [-0.1, -0.05) is 12.1 Å². The number of anilines is 3. The zero-order valence-corrected chi connectivity index (χ0v) is 19.5. The maximum Gasteiger partial charge on any atom is 0.258 e. The molecule has 2 heterocycles. The van der Waals surface area contributed by atoms with Crippen molar-refractivity contribution in [3.05, 3.63) is 72.1 Å². The Labute approximate surface area is 202 Å². The van der Waals surface area contributed by atoms with Crippen molar-refractivity contribution < 1.29 is 18.3 Å². The topological polar surface area (TPSA) is 82.6 Å². The van der Waals surface area contributed by atoms with Crippen molar-refractivity contribution >= 4 is 23.2 Å². The van der Waals surface area contributed by atoms with E-state index in [4.69, 9.17) is 4.74 Å². The molecular formula is C25H28F2N6O2. The number of carbonyl (C=O) groups is 1. The first-order valence-electron chi connectivity index (χ1n) is 11.5. The van der Waals surface area contributed by atoms with Gasteiger partial charge in [-0.2, -0.15) is 0 Å². The minimum atomic E-state index is -0.540. The summed E-state index contributed by atoms with van der Waals surface area (Å²) in [5, 5.41) is 5.36. The molecule has 1 fully saturated rings. The van der Waals surface area contributed by atoms with Gasteiger partial charge in [-0.05, 0) is 37.7 Å². The van der Waals surface area contributed by atoms with Gasteiger partial charge in [0.2, 0.25) is 5.95 Å². The molecule has 184 valence electrons. The largest absolute Gasteiger partial charge is 0.490 e. The molecule has 0 atom stereocenters. The number of hydrogen-bond donors (Lipinski definition) is 2. The van der Waals surface area contributed by atoms with Crippen LogP contribution in [0, 0.1) is 11.6 Å². The molecule has 0 bridgehead atoms. The molecule has 0 saturated carbocycles. The summed E-state index contributed by atoms with van der Waals surface area (Å²) >= 11 is 0. The van der Waals surface area contributed by atoms with E-state index in [9.17, 15) is 13.6 Å². The monoisotopic (exact) mass is 482 g/mol. The zero-order valence-electron chi connectivity index (χ0n) is 19.5. The van der Waals surface area contributed by atoms with E-state index in [1.165, 1.54) is 36.7 Å². The van der Waals surface area contributed by atoms with Crippen molar-refractivity contribution in [3.8, 4) is 5.75 Å². The van der Waals surface area contributed by atoms with E-state index in [0.717, 1.165) is 39.1 Å². The predicted molar refractivity (Wildman–Crippen MR) is 130 cm³/mol. The third-order valence-electron chi connectivity index (χ3n) is 5.70. The highest BCUT2D eigenvalue weighted by molar-refractivity contribution is 6.03. The number of hydrogen-bond acceptors (Lipinski definition) is 7. The molecule has 0 unspecified atom stereocenters. The minimum absolute atomic E-state index is 0.0665. The molecule has 35 heavy (non-hydrogen) atoms. The Morgan fingerprint density at radius 1 is 1.03 bits per heavy atom. The normalized spacial score (nSPS) is 14.5. The lowest BCUT2D eigenvalue weighted by molar-refractivity contribution is 0.102. The Balaban J connectivity index is 1.25. The Hall–Kier alpha value is -3.63. The third-order valence-corrected chi connectivity index (χ3v) is 5.70. The van der Waals surface area contributed by atoms with E-state index in [2.05, 4.69) is 37.4 Å². The molecule has 1 amide bonds. The molecule has 0 aliphatic carbocycles. The first kappa shape index (κ1) is 24.5. The van der Waals surface area contributed by atoms with E-state index in [1.807, 2.05) is 0 Å². The Kier molecular flexibility index (Phi) is 8.17. The van der Waals surface area contributed by atoms with E-state index < -0.39 is 17.5 Å². The van der Waals surface area contributed by atoms with Crippen LogP contribution in [0.2, 0.25) is 0 Å². The summed E-state index contributed by atoms with van der Waals surface area (Å²) in [6.07, 6.45) is 3.44. The standard InChI is InChI=1S/C25H28F2N6O2/c1-32-10-12-33(13-11-32)9-4-14-35-23-8-7-19(15-21(23)27)30-25-28-16-18(17-29-25)24(34)31-22-6-3-2-5-20(22)26/h2-3,5-8,15-17H,4,9-14H2,1H3,(H,31,34)(H,28,29,30). The average Bonchev–Trinajstić information content (AvgIpc) is 2.86.